The van der Waals surface area contributed by atoms with E-state index in [-0.39, 0.29) is 16.9 Å². The number of nitrogens with one attached hydrogen (secondary N) is 1. The number of methoxy groups -OCH3 is 1. The summed E-state index contributed by atoms with van der Waals surface area (Å²) in [6.07, 6.45) is 0. The molecule has 1 N–H and O–H groups in total. The number of rotatable bonds is 9. The molecular formula is C28H33ClN2O4S. The Labute approximate surface area is 219 Å². The second kappa shape index (κ2) is 11.4. The van der Waals surface area contributed by atoms with Gasteiger partial charge in [0.25, 0.3) is 10.0 Å². The molecule has 3 rings (SSSR count). The number of anilines is 1. The molecule has 0 radical (unpaired) electrons. The van der Waals surface area contributed by atoms with E-state index in [2.05, 4.69) is 19.2 Å². The van der Waals surface area contributed by atoms with E-state index in [1.807, 2.05) is 32.9 Å². The number of carbonyl (C=O) groups is 1. The Kier molecular flexibility index (Phi) is 8.69. The Balaban J connectivity index is 1.93. The van der Waals surface area contributed by atoms with Gasteiger partial charge in [-0.3, -0.25) is 9.10 Å². The van der Waals surface area contributed by atoms with Gasteiger partial charge in [-0.2, -0.15) is 0 Å². The fourth-order valence-electron chi connectivity index (χ4n) is 4.08. The molecule has 0 saturated carbocycles. The van der Waals surface area contributed by atoms with Crippen molar-refractivity contribution in [1.82, 2.24) is 5.32 Å². The third-order valence-corrected chi connectivity index (χ3v) is 8.34. The zero-order chi connectivity index (χ0) is 26.6. The fraction of sp³-hybridized carbons (Fsp3) is 0.321. The van der Waals surface area contributed by atoms with Crippen molar-refractivity contribution in [2.45, 2.75) is 51.5 Å². The van der Waals surface area contributed by atoms with E-state index in [1.54, 1.807) is 43.5 Å². The maximum absolute atomic E-state index is 13.6. The van der Waals surface area contributed by atoms with E-state index < -0.39 is 22.5 Å². The molecule has 0 aliphatic carbocycles. The van der Waals surface area contributed by atoms with Gasteiger partial charge in [-0.15, -0.1) is 0 Å². The topological polar surface area (TPSA) is 75.7 Å². The van der Waals surface area contributed by atoms with Crippen LogP contribution in [-0.2, 0) is 14.8 Å². The second-order valence-corrected chi connectivity index (χ2v) is 11.4. The molecule has 0 aromatic heterocycles. The summed E-state index contributed by atoms with van der Waals surface area (Å²) in [6, 6.07) is 16.7. The van der Waals surface area contributed by atoms with Gasteiger partial charge in [0.2, 0.25) is 5.91 Å². The summed E-state index contributed by atoms with van der Waals surface area (Å²) in [5, 5.41) is 3.39. The Morgan fingerprint density at radius 2 is 1.64 bits per heavy atom. The minimum absolute atomic E-state index is 0.0927. The van der Waals surface area contributed by atoms with E-state index in [1.165, 1.54) is 12.1 Å². The highest BCUT2D eigenvalue weighted by Gasteiger charge is 2.28. The molecule has 0 bridgehead atoms. The first-order valence-corrected chi connectivity index (χ1v) is 13.6. The van der Waals surface area contributed by atoms with E-state index in [9.17, 15) is 13.2 Å². The first-order valence-electron chi connectivity index (χ1n) is 11.8. The summed E-state index contributed by atoms with van der Waals surface area (Å²) in [5.74, 6) is 0.612. The Hall–Kier alpha value is -3.03. The minimum Gasteiger partial charge on any atom is -0.496 e. The first kappa shape index (κ1) is 27.6. The van der Waals surface area contributed by atoms with Crippen molar-refractivity contribution in [3.8, 4) is 5.75 Å². The van der Waals surface area contributed by atoms with E-state index in [0.717, 1.165) is 32.3 Å². The summed E-state index contributed by atoms with van der Waals surface area (Å²) in [6.45, 7) is 9.45. The van der Waals surface area contributed by atoms with E-state index >= 15 is 0 Å². The average molecular weight is 529 g/mol. The predicted octanol–water partition coefficient (Wildman–Crippen LogP) is 6.16. The van der Waals surface area contributed by atoms with Gasteiger partial charge in [0.05, 0.1) is 23.7 Å². The molecule has 36 heavy (non-hydrogen) atoms. The SMILES string of the molecule is COc1cc(C)c([C@@H](C)NC(=O)CN(c2ccc(C)c(Cl)c2)S(=O)(=O)c2ccccc2)cc1C(C)C. The quantitative estimate of drug-likeness (QED) is 0.361. The van der Waals surface area contributed by atoms with E-state index in [4.69, 9.17) is 16.3 Å². The molecular weight excluding hydrogens is 496 g/mol. The highest BCUT2D eigenvalue weighted by atomic mass is 35.5. The van der Waals surface area contributed by atoms with Gasteiger partial charge in [-0.25, -0.2) is 8.42 Å². The maximum Gasteiger partial charge on any atom is 0.264 e. The van der Waals surface area contributed by atoms with Crippen LogP contribution in [0.25, 0.3) is 0 Å². The van der Waals surface area contributed by atoms with Crippen molar-refractivity contribution in [2.24, 2.45) is 0 Å². The lowest BCUT2D eigenvalue weighted by Gasteiger charge is -2.26. The number of hydrogen-bond acceptors (Lipinski definition) is 4. The normalized spacial score (nSPS) is 12.3. The van der Waals surface area contributed by atoms with Gasteiger partial charge in [-0.05, 0) is 85.3 Å². The number of hydrogen-bond donors (Lipinski definition) is 1. The molecule has 8 heteroatoms. The van der Waals surface area contributed by atoms with Crippen LogP contribution in [0.4, 0.5) is 5.69 Å². The standard InChI is InChI=1S/C28H33ClN2O4S/c1-18(2)24-16-25(20(4)14-27(24)35-6)21(5)30-28(32)17-31(22-13-12-19(3)26(29)15-22)36(33,34)23-10-8-7-9-11-23/h7-16,18,21H,17H2,1-6H3,(H,30,32)/t21-/m1/s1. The van der Waals surface area contributed by atoms with Crippen molar-refractivity contribution >= 4 is 33.2 Å². The van der Waals surface area contributed by atoms with Crippen molar-refractivity contribution in [3.63, 3.8) is 0 Å². The molecule has 192 valence electrons. The smallest absolute Gasteiger partial charge is 0.264 e. The van der Waals surface area contributed by atoms with Crippen LogP contribution < -0.4 is 14.4 Å². The summed E-state index contributed by atoms with van der Waals surface area (Å²) >= 11 is 6.31. The number of halogens is 1. The van der Waals surface area contributed by atoms with Crippen LogP contribution in [0, 0.1) is 13.8 Å². The molecule has 0 aliphatic rings. The molecule has 0 heterocycles. The Morgan fingerprint density at radius 1 is 0.972 bits per heavy atom. The van der Waals surface area contributed by atoms with Gasteiger partial charge in [0.15, 0.2) is 0 Å². The van der Waals surface area contributed by atoms with Crippen LogP contribution in [0.3, 0.4) is 0 Å². The third kappa shape index (κ3) is 6.02. The van der Waals surface area contributed by atoms with Crippen molar-refractivity contribution in [1.29, 1.82) is 0 Å². The van der Waals surface area contributed by atoms with Crippen LogP contribution in [-0.4, -0.2) is 28.0 Å². The highest BCUT2D eigenvalue weighted by Crippen LogP contribution is 2.32. The second-order valence-electron chi connectivity index (χ2n) is 9.15. The van der Waals surface area contributed by atoms with Crippen LogP contribution >= 0.6 is 11.6 Å². The summed E-state index contributed by atoms with van der Waals surface area (Å²) in [5.41, 5.74) is 4.10. The van der Waals surface area contributed by atoms with Crippen LogP contribution in [0.1, 0.15) is 55.0 Å². The van der Waals surface area contributed by atoms with Crippen LogP contribution in [0.5, 0.6) is 5.75 Å². The Bertz CT molecular complexity index is 1340. The summed E-state index contributed by atoms with van der Waals surface area (Å²) in [4.78, 5) is 13.3. The zero-order valence-electron chi connectivity index (χ0n) is 21.5. The molecule has 0 spiro atoms. The number of sulfonamides is 1. The number of benzene rings is 3. The molecule has 1 atom stereocenters. The molecule has 0 aliphatic heterocycles. The summed E-state index contributed by atoms with van der Waals surface area (Å²) in [7, 11) is -2.37. The van der Waals surface area contributed by atoms with Crippen LogP contribution in [0.2, 0.25) is 5.02 Å². The van der Waals surface area contributed by atoms with Crippen LogP contribution in [0.15, 0.2) is 65.6 Å². The first-order chi connectivity index (χ1) is 16.9. The van der Waals surface area contributed by atoms with Gasteiger partial charge in [-0.1, -0.05) is 49.7 Å². The Morgan fingerprint density at radius 3 is 2.22 bits per heavy atom. The van der Waals surface area contributed by atoms with E-state index in [0.29, 0.717) is 10.7 Å². The number of carbonyl (C=O) groups excluding carboxylic acids is 1. The largest absolute Gasteiger partial charge is 0.496 e. The van der Waals surface area contributed by atoms with Crippen molar-refractivity contribution in [3.05, 3.63) is 87.9 Å². The number of aryl methyl sites for hydroxylation is 2. The number of amides is 1. The predicted molar refractivity (Wildman–Crippen MR) is 146 cm³/mol. The molecule has 0 saturated heterocycles. The molecule has 1 amide bonds. The third-order valence-electron chi connectivity index (χ3n) is 6.15. The number of ether oxygens (including phenoxy) is 1. The lowest BCUT2D eigenvalue weighted by atomic mass is 9.93. The fourth-order valence-corrected chi connectivity index (χ4v) is 5.69. The zero-order valence-corrected chi connectivity index (χ0v) is 23.1. The lowest BCUT2D eigenvalue weighted by molar-refractivity contribution is -0.120. The number of nitrogens with zero attached hydrogens (tertiary/aromatic N) is 1. The monoisotopic (exact) mass is 528 g/mol. The minimum atomic E-state index is -4.02. The molecule has 3 aromatic carbocycles. The van der Waals surface area contributed by atoms with Gasteiger partial charge in [0.1, 0.15) is 12.3 Å². The highest BCUT2D eigenvalue weighted by molar-refractivity contribution is 7.92. The average Bonchev–Trinajstić information content (AvgIpc) is 2.84. The molecule has 0 unspecified atom stereocenters. The lowest BCUT2D eigenvalue weighted by Crippen LogP contribution is -2.41. The molecule has 6 nitrogen and oxygen atoms in total. The summed E-state index contributed by atoms with van der Waals surface area (Å²) < 4.78 is 33.7. The maximum atomic E-state index is 13.6. The molecule has 0 fully saturated rings. The van der Waals surface area contributed by atoms with Gasteiger partial charge in [0, 0.05) is 5.02 Å². The van der Waals surface area contributed by atoms with Crippen molar-refractivity contribution in [2.75, 3.05) is 18.0 Å². The molecule has 3 aromatic rings. The van der Waals surface area contributed by atoms with Gasteiger partial charge >= 0.3 is 0 Å². The van der Waals surface area contributed by atoms with Gasteiger partial charge < -0.3 is 10.1 Å². The van der Waals surface area contributed by atoms with Crippen molar-refractivity contribution < 1.29 is 17.9 Å².